The van der Waals surface area contributed by atoms with Crippen molar-refractivity contribution in [3.05, 3.63) is 24.3 Å². The first-order chi connectivity index (χ1) is 12.7. The van der Waals surface area contributed by atoms with E-state index < -0.39 is 0 Å². The Morgan fingerprint density at radius 2 is 1.93 bits per heavy atom. The van der Waals surface area contributed by atoms with E-state index in [1.54, 1.807) is 14.2 Å². The molecule has 2 saturated heterocycles. The molecule has 0 spiro atoms. The summed E-state index contributed by atoms with van der Waals surface area (Å²) in [6.07, 6.45) is 2.37. The highest BCUT2D eigenvalue weighted by atomic mass is 127. The van der Waals surface area contributed by atoms with Crippen LogP contribution in [0.25, 0.3) is 0 Å². The predicted octanol–water partition coefficient (Wildman–Crippen LogP) is 2.68. The Labute approximate surface area is 180 Å². The summed E-state index contributed by atoms with van der Waals surface area (Å²) in [5.41, 5.74) is 1.20. The normalized spacial score (nSPS) is 22.7. The highest BCUT2D eigenvalue weighted by Gasteiger charge is 2.27. The number of aliphatic imine (C=N–C) groups is 1. The molecule has 1 N–H and O–H groups in total. The monoisotopic (exact) mass is 488 g/mol. The van der Waals surface area contributed by atoms with Crippen LogP contribution in [0.2, 0.25) is 0 Å². The van der Waals surface area contributed by atoms with Crippen LogP contribution in [0.15, 0.2) is 29.3 Å². The molecule has 0 saturated carbocycles. The largest absolute Gasteiger partial charge is 0.495 e. The summed E-state index contributed by atoms with van der Waals surface area (Å²) in [5, 5.41) is 3.59. The minimum atomic E-state index is 0. The van der Waals surface area contributed by atoms with Crippen LogP contribution in [-0.2, 0) is 4.74 Å². The van der Waals surface area contributed by atoms with Gasteiger partial charge < -0.3 is 24.6 Å². The third-order valence-electron chi connectivity index (χ3n) is 5.46. The van der Waals surface area contributed by atoms with Gasteiger partial charge in [0.25, 0.3) is 0 Å². The fraction of sp³-hybridized carbons (Fsp3) is 0.650. The Morgan fingerprint density at radius 3 is 2.67 bits per heavy atom. The molecule has 2 fully saturated rings. The lowest BCUT2D eigenvalue weighted by Gasteiger charge is -2.24. The van der Waals surface area contributed by atoms with Crippen LogP contribution in [0, 0.1) is 11.8 Å². The molecule has 6 nitrogen and oxygen atoms in total. The quantitative estimate of drug-likeness (QED) is 0.379. The number of para-hydroxylation sites is 2. The van der Waals surface area contributed by atoms with Crippen LogP contribution >= 0.6 is 24.0 Å². The standard InChI is InChI=1S/C20H32N4O2.HI/c1-21-20(24-11-9-17(14-24)15-25-2)22-12-16-8-10-23(13-16)18-6-4-5-7-19(18)26-3;/h4-7,16-17H,8-15H2,1-3H3,(H,21,22);1H. The second-order valence-electron chi connectivity index (χ2n) is 7.26. The first kappa shape index (κ1) is 22.1. The van der Waals surface area contributed by atoms with Gasteiger partial charge >= 0.3 is 0 Å². The van der Waals surface area contributed by atoms with Gasteiger partial charge in [0.05, 0.1) is 19.4 Å². The molecular formula is C20H33IN4O2. The summed E-state index contributed by atoms with van der Waals surface area (Å²) in [7, 11) is 5.40. The number of likely N-dealkylation sites (tertiary alicyclic amines) is 1. The summed E-state index contributed by atoms with van der Waals surface area (Å²) in [4.78, 5) is 9.27. The van der Waals surface area contributed by atoms with Gasteiger partial charge in [0.2, 0.25) is 0 Å². The van der Waals surface area contributed by atoms with Crippen molar-refractivity contribution in [1.82, 2.24) is 10.2 Å². The van der Waals surface area contributed by atoms with E-state index in [4.69, 9.17) is 9.47 Å². The van der Waals surface area contributed by atoms with Crippen molar-refractivity contribution >= 4 is 35.6 Å². The molecular weight excluding hydrogens is 455 g/mol. The third kappa shape index (κ3) is 5.63. The van der Waals surface area contributed by atoms with Crippen molar-refractivity contribution in [2.75, 3.05) is 65.5 Å². The van der Waals surface area contributed by atoms with E-state index in [9.17, 15) is 0 Å². The molecule has 0 aliphatic carbocycles. The van der Waals surface area contributed by atoms with Gasteiger partial charge in [-0.3, -0.25) is 4.99 Å². The molecule has 2 aliphatic heterocycles. The zero-order valence-electron chi connectivity index (χ0n) is 16.7. The lowest BCUT2D eigenvalue weighted by Crippen LogP contribution is -2.42. The highest BCUT2D eigenvalue weighted by molar-refractivity contribution is 14.0. The van der Waals surface area contributed by atoms with Crippen LogP contribution in [0.1, 0.15) is 12.8 Å². The van der Waals surface area contributed by atoms with Crippen LogP contribution in [0.3, 0.4) is 0 Å². The maximum atomic E-state index is 5.51. The van der Waals surface area contributed by atoms with E-state index in [0.29, 0.717) is 11.8 Å². The van der Waals surface area contributed by atoms with Crippen molar-refractivity contribution in [2.24, 2.45) is 16.8 Å². The van der Waals surface area contributed by atoms with Gasteiger partial charge in [-0.2, -0.15) is 0 Å². The van der Waals surface area contributed by atoms with Crippen LogP contribution in [0.5, 0.6) is 5.75 Å². The molecule has 0 radical (unpaired) electrons. The van der Waals surface area contributed by atoms with Crippen LogP contribution < -0.4 is 15.0 Å². The number of halogens is 1. The minimum Gasteiger partial charge on any atom is -0.495 e. The Kier molecular flexibility index (Phi) is 8.95. The lowest BCUT2D eigenvalue weighted by molar-refractivity contribution is 0.157. The zero-order chi connectivity index (χ0) is 18.4. The van der Waals surface area contributed by atoms with Crippen LogP contribution in [-0.4, -0.2) is 71.5 Å². The van der Waals surface area contributed by atoms with E-state index in [0.717, 1.165) is 51.0 Å². The Hall–Kier alpha value is -1.22. The summed E-state index contributed by atoms with van der Waals surface area (Å²) in [6.45, 7) is 6.02. The predicted molar refractivity (Wildman–Crippen MR) is 122 cm³/mol. The van der Waals surface area contributed by atoms with Crippen molar-refractivity contribution in [1.29, 1.82) is 0 Å². The minimum absolute atomic E-state index is 0. The first-order valence-electron chi connectivity index (χ1n) is 9.57. The maximum absolute atomic E-state index is 5.51. The van der Waals surface area contributed by atoms with E-state index in [1.807, 2.05) is 19.2 Å². The topological polar surface area (TPSA) is 49.3 Å². The fourth-order valence-electron chi connectivity index (χ4n) is 4.07. The summed E-state index contributed by atoms with van der Waals surface area (Å²) < 4.78 is 10.8. The number of anilines is 1. The molecule has 0 amide bonds. The van der Waals surface area contributed by atoms with Gasteiger partial charge in [-0.25, -0.2) is 0 Å². The number of hydrogen-bond acceptors (Lipinski definition) is 4. The molecule has 3 rings (SSSR count). The molecule has 0 bridgehead atoms. The molecule has 27 heavy (non-hydrogen) atoms. The number of nitrogens with one attached hydrogen (secondary N) is 1. The number of benzene rings is 1. The number of hydrogen-bond donors (Lipinski definition) is 1. The molecule has 1 aromatic carbocycles. The molecule has 152 valence electrons. The van der Waals surface area contributed by atoms with Gasteiger partial charge in [-0.15, -0.1) is 24.0 Å². The average molecular weight is 488 g/mol. The van der Waals surface area contributed by atoms with Gasteiger partial charge in [0, 0.05) is 52.8 Å². The summed E-state index contributed by atoms with van der Waals surface area (Å²) in [5.74, 6) is 3.22. The van der Waals surface area contributed by atoms with Gasteiger partial charge in [0.15, 0.2) is 5.96 Å². The molecule has 0 aromatic heterocycles. The second kappa shape index (κ2) is 10.9. The second-order valence-corrected chi connectivity index (χ2v) is 7.26. The Bertz CT molecular complexity index is 613. The fourth-order valence-corrected chi connectivity index (χ4v) is 4.07. The molecule has 7 heteroatoms. The van der Waals surface area contributed by atoms with Gasteiger partial charge in [0.1, 0.15) is 5.75 Å². The SMILES string of the molecule is CN=C(NCC1CCN(c2ccccc2OC)C1)N1CCC(COC)C1.I. The van der Waals surface area contributed by atoms with Crippen molar-refractivity contribution < 1.29 is 9.47 Å². The third-order valence-corrected chi connectivity index (χ3v) is 5.46. The molecule has 1 aromatic rings. The first-order valence-corrected chi connectivity index (χ1v) is 9.57. The van der Waals surface area contributed by atoms with E-state index in [-0.39, 0.29) is 24.0 Å². The van der Waals surface area contributed by atoms with Crippen LogP contribution in [0.4, 0.5) is 5.69 Å². The Balaban J connectivity index is 0.00000261. The molecule has 2 unspecified atom stereocenters. The Morgan fingerprint density at radius 1 is 1.15 bits per heavy atom. The number of methoxy groups -OCH3 is 2. The lowest BCUT2D eigenvalue weighted by atomic mass is 10.1. The summed E-state index contributed by atoms with van der Waals surface area (Å²) in [6, 6.07) is 8.28. The highest BCUT2D eigenvalue weighted by Crippen LogP contribution is 2.31. The summed E-state index contributed by atoms with van der Waals surface area (Å²) >= 11 is 0. The number of nitrogens with zero attached hydrogens (tertiary/aromatic N) is 3. The van der Waals surface area contributed by atoms with E-state index >= 15 is 0 Å². The van der Waals surface area contributed by atoms with Crippen molar-refractivity contribution in [2.45, 2.75) is 12.8 Å². The zero-order valence-corrected chi connectivity index (χ0v) is 19.0. The molecule has 2 atom stereocenters. The van der Waals surface area contributed by atoms with Crippen molar-refractivity contribution in [3.63, 3.8) is 0 Å². The molecule has 2 aliphatic rings. The smallest absolute Gasteiger partial charge is 0.193 e. The molecule has 2 heterocycles. The van der Waals surface area contributed by atoms with Crippen molar-refractivity contribution in [3.8, 4) is 5.75 Å². The maximum Gasteiger partial charge on any atom is 0.193 e. The number of ether oxygens (including phenoxy) is 2. The van der Waals surface area contributed by atoms with Gasteiger partial charge in [-0.1, -0.05) is 12.1 Å². The van der Waals surface area contributed by atoms with Gasteiger partial charge in [-0.05, 0) is 30.9 Å². The average Bonchev–Trinajstić information content (AvgIpc) is 3.32. The van der Waals surface area contributed by atoms with E-state index in [2.05, 4.69) is 32.2 Å². The number of rotatable bonds is 6. The number of guanidine groups is 1. The van der Waals surface area contributed by atoms with E-state index in [1.165, 1.54) is 18.5 Å².